The zero-order chi connectivity index (χ0) is 14.3. The van der Waals surface area contributed by atoms with E-state index in [1.807, 2.05) is 24.3 Å². The minimum absolute atomic E-state index is 0.0266. The molecule has 3 rings (SSSR count). The second kappa shape index (κ2) is 5.26. The third kappa shape index (κ3) is 2.38. The van der Waals surface area contributed by atoms with Crippen molar-refractivity contribution in [1.29, 1.82) is 0 Å². The fourth-order valence-corrected chi connectivity index (χ4v) is 3.15. The van der Waals surface area contributed by atoms with Gasteiger partial charge in [-0.1, -0.05) is 17.7 Å². The molecule has 0 radical (unpaired) electrons. The first-order valence-corrected chi connectivity index (χ1v) is 7.67. The van der Waals surface area contributed by atoms with Gasteiger partial charge < -0.3 is 10.6 Å². The number of fused-ring (bicyclic) bond motifs is 1. The topological polar surface area (TPSA) is 46.3 Å². The Morgan fingerprint density at radius 1 is 1.25 bits per heavy atom. The van der Waals surface area contributed by atoms with Crippen LogP contribution in [0.3, 0.4) is 0 Å². The van der Waals surface area contributed by atoms with Crippen LogP contribution in [0, 0.1) is 3.57 Å². The molecule has 20 heavy (non-hydrogen) atoms. The number of anilines is 2. The van der Waals surface area contributed by atoms with Crippen molar-refractivity contribution >= 4 is 51.5 Å². The van der Waals surface area contributed by atoms with Gasteiger partial charge in [0.15, 0.2) is 0 Å². The van der Waals surface area contributed by atoms with E-state index in [9.17, 15) is 4.79 Å². The Hall–Kier alpha value is -1.27. The van der Waals surface area contributed by atoms with Crippen molar-refractivity contribution in [3.63, 3.8) is 0 Å². The number of rotatable bonds is 1. The number of hydrogen-bond donors (Lipinski definition) is 1. The lowest BCUT2D eigenvalue weighted by atomic mass is 10.1. The predicted octanol–water partition coefficient (Wildman–Crippen LogP) is 3.73. The second-order valence-electron chi connectivity index (χ2n) is 4.72. The summed E-state index contributed by atoms with van der Waals surface area (Å²) in [5.74, 6) is -0.0266. The Kier molecular flexibility index (Phi) is 3.60. The summed E-state index contributed by atoms with van der Waals surface area (Å²) < 4.78 is 0.898. The van der Waals surface area contributed by atoms with Gasteiger partial charge in [0, 0.05) is 26.5 Å². The molecule has 1 aliphatic heterocycles. The van der Waals surface area contributed by atoms with E-state index in [4.69, 9.17) is 17.3 Å². The number of nitrogens with two attached hydrogens (primary N) is 1. The number of nitrogen functional groups attached to an aromatic ring is 1. The monoisotopic (exact) mass is 398 g/mol. The van der Waals surface area contributed by atoms with Crippen molar-refractivity contribution in [2.45, 2.75) is 6.42 Å². The van der Waals surface area contributed by atoms with E-state index < -0.39 is 0 Å². The largest absolute Gasteiger partial charge is 0.399 e. The van der Waals surface area contributed by atoms with E-state index in [2.05, 4.69) is 22.6 Å². The van der Waals surface area contributed by atoms with Crippen LogP contribution in [-0.2, 0) is 6.42 Å². The summed E-state index contributed by atoms with van der Waals surface area (Å²) in [6.45, 7) is 0.681. The smallest absolute Gasteiger partial charge is 0.259 e. The second-order valence-corrected chi connectivity index (χ2v) is 6.32. The highest BCUT2D eigenvalue weighted by Crippen LogP contribution is 2.32. The quantitative estimate of drug-likeness (QED) is 0.588. The van der Waals surface area contributed by atoms with Gasteiger partial charge in [-0.2, -0.15) is 0 Å². The molecule has 2 aromatic carbocycles. The van der Waals surface area contributed by atoms with Gasteiger partial charge in [0.05, 0.1) is 5.56 Å². The summed E-state index contributed by atoms with van der Waals surface area (Å²) >= 11 is 8.15. The molecule has 5 heteroatoms. The number of nitrogens with zero attached hydrogens (tertiary/aromatic N) is 1. The third-order valence-electron chi connectivity index (χ3n) is 3.41. The number of hydrogen-bond acceptors (Lipinski definition) is 2. The van der Waals surface area contributed by atoms with Crippen LogP contribution in [0.2, 0.25) is 5.02 Å². The average molecular weight is 399 g/mol. The van der Waals surface area contributed by atoms with Crippen LogP contribution in [0.25, 0.3) is 0 Å². The van der Waals surface area contributed by atoms with Gasteiger partial charge in [0.2, 0.25) is 0 Å². The molecule has 0 spiro atoms. The van der Waals surface area contributed by atoms with Crippen molar-refractivity contribution < 1.29 is 4.79 Å². The molecule has 1 heterocycles. The third-order valence-corrected chi connectivity index (χ3v) is 4.58. The van der Waals surface area contributed by atoms with Crippen molar-refractivity contribution in [3.8, 4) is 0 Å². The van der Waals surface area contributed by atoms with Crippen LogP contribution in [0.4, 0.5) is 11.4 Å². The normalized spacial score (nSPS) is 13.4. The molecule has 2 aromatic rings. The first-order chi connectivity index (χ1) is 9.56. The lowest BCUT2D eigenvalue weighted by Crippen LogP contribution is -2.29. The van der Waals surface area contributed by atoms with Gasteiger partial charge in [-0.15, -0.1) is 0 Å². The van der Waals surface area contributed by atoms with Crippen molar-refractivity contribution in [3.05, 3.63) is 56.1 Å². The van der Waals surface area contributed by atoms with Crippen molar-refractivity contribution in [2.24, 2.45) is 0 Å². The van der Waals surface area contributed by atoms with Crippen molar-refractivity contribution in [2.75, 3.05) is 17.2 Å². The molecule has 0 unspecified atom stereocenters. The van der Waals surface area contributed by atoms with Crippen LogP contribution in [0.15, 0.2) is 36.4 Å². The maximum absolute atomic E-state index is 12.7. The molecule has 3 nitrogen and oxygen atoms in total. The molecule has 1 aliphatic rings. The fourth-order valence-electron chi connectivity index (χ4n) is 2.41. The summed E-state index contributed by atoms with van der Waals surface area (Å²) in [5.41, 5.74) is 9.19. The number of benzene rings is 2. The molecule has 0 saturated carbocycles. The molecule has 0 fully saturated rings. The summed E-state index contributed by atoms with van der Waals surface area (Å²) in [5, 5.41) is 0.570. The molecule has 0 bridgehead atoms. The summed E-state index contributed by atoms with van der Waals surface area (Å²) in [6, 6.07) is 11.1. The van der Waals surface area contributed by atoms with Gasteiger partial charge in [-0.3, -0.25) is 4.79 Å². The first-order valence-electron chi connectivity index (χ1n) is 6.21. The number of carbonyl (C=O) groups is 1. The van der Waals surface area contributed by atoms with Crippen LogP contribution in [-0.4, -0.2) is 12.5 Å². The van der Waals surface area contributed by atoms with E-state index in [1.165, 1.54) is 0 Å². The average Bonchev–Trinajstić information content (AvgIpc) is 2.83. The molecule has 2 N–H and O–H groups in total. The summed E-state index contributed by atoms with van der Waals surface area (Å²) in [6.07, 6.45) is 0.860. The van der Waals surface area contributed by atoms with Crippen LogP contribution >= 0.6 is 34.2 Å². The van der Waals surface area contributed by atoms with E-state index in [0.29, 0.717) is 22.8 Å². The van der Waals surface area contributed by atoms with Gasteiger partial charge >= 0.3 is 0 Å². The molecular weight excluding hydrogens is 387 g/mol. The molecule has 0 atom stereocenters. The van der Waals surface area contributed by atoms with Crippen molar-refractivity contribution in [1.82, 2.24) is 0 Å². The molecule has 0 aromatic heterocycles. The molecule has 102 valence electrons. The highest BCUT2D eigenvalue weighted by atomic mass is 127. The lowest BCUT2D eigenvalue weighted by molar-refractivity contribution is 0.0988. The molecular formula is C15H12ClIN2O. The maximum atomic E-state index is 12.7. The fraction of sp³-hybridized carbons (Fsp3) is 0.133. The molecule has 0 saturated heterocycles. The minimum atomic E-state index is -0.0266. The highest BCUT2D eigenvalue weighted by molar-refractivity contribution is 14.1. The molecule has 0 aliphatic carbocycles. The Balaban J connectivity index is 2.01. The maximum Gasteiger partial charge on any atom is 0.259 e. The highest BCUT2D eigenvalue weighted by Gasteiger charge is 2.26. The van der Waals surface area contributed by atoms with Gasteiger partial charge in [-0.05, 0) is 64.9 Å². The van der Waals surface area contributed by atoms with E-state index >= 15 is 0 Å². The lowest BCUT2D eigenvalue weighted by Gasteiger charge is -2.18. The van der Waals surface area contributed by atoms with Gasteiger partial charge in [-0.25, -0.2) is 0 Å². The van der Waals surface area contributed by atoms with Gasteiger partial charge in [0.1, 0.15) is 0 Å². The number of amides is 1. The molecule has 1 amide bonds. The summed E-state index contributed by atoms with van der Waals surface area (Å²) in [4.78, 5) is 14.5. The SMILES string of the molecule is Nc1ccc2c(c1)N(C(=O)c1cc(Cl)ccc1I)CC2. The zero-order valence-electron chi connectivity index (χ0n) is 10.6. The zero-order valence-corrected chi connectivity index (χ0v) is 13.5. The van der Waals surface area contributed by atoms with E-state index in [0.717, 1.165) is 21.2 Å². The van der Waals surface area contributed by atoms with Crippen LogP contribution in [0.1, 0.15) is 15.9 Å². The van der Waals surface area contributed by atoms with E-state index in [-0.39, 0.29) is 5.91 Å². The Morgan fingerprint density at radius 3 is 2.85 bits per heavy atom. The van der Waals surface area contributed by atoms with Gasteiger partial charge in [0.25, 0.3) is 5.91 Å². The number of halogens is 2. The number of carbonyl (C=O) groups excluding carboxylic acids is 1. The predicted molar refractivity (Wildman–Crippen MR) is 90.4 cm³/mol. The summed E-state index contributed by atoms with van der Waals surface area (Å²) in [7, 11) is 0. The Morgan fingerprint density at radius 2 is 2.05 bits per heavy atom. The minimum Gasteiger partial charge on any atom is -0.399 e. The standard InChI is InChI=1S/C15H12ClIN2O/c16-10-2-4-13(17)12(7-10)15(20)19-6-5-9-1-3-11(18)8-14(9)19/h1-4,7-8H,5-6,18H2. The first kappa shape index (κ1) is 13.7. The Bertz CT molecular complexity index is 702. The van der Waals surface area contributed by atoms with Crippen LogP contribution < -0.4 is 10.6 Å². The van der Waals surface area contributed by atoms with Crippen LogP contribution in [0.5, 0.6) is 0 Å². The Labute approximate surface area is 135 Å². The van der Waals surface area contributed by atoms with E-state index in [1.54, 1.807) is 17.0 Å².